The monoisotopic (exact) mass is 227 g/mol. The molecule has 1 unspecified atom stereocenters. The van der Waals surface area contributed by atoms with Crippen molar-refractivity contribution >= 4 is 5.91 Å². The van der Waals surface area contributed by atoms with Gasteiger partial charge in [0.1, 0.15) is 0 Å². The molecule has 3 nitrogen and oxygen atoms in total. The zero-order chi connectivity index (χ0) is 11.8. The van der Waals surface area contributed by atoms with Crippen molar-refractivity contribution < 1.29 is 9.90 Å². The van der Waals surface area contributed by atoms with Crippen LogP contribution in [0.3, 0.4) is 0 Å². The maximum absolute atomic E-state index is 11.5. The minimum Gasteiger partial charge on any atom is -0.396 e. The maximum Gasteiger partial charge on any atom is 0.223 e. The van der Waals surface area contributed by atoms with Gasteiger partial charge in [-0.2, -0.15) is 0 Å². The molecule has 1 heterocycles. The first kappa shape index (κ1) is 13.5. The minimum absolute atomic E-state index is 0.152. The molecule has 1 aliphatic heterocycles. The largest absolute Gasteiger partial charge is 0.396 e. The summed E-state index contributed by atoms with van der Waals surface area (Å²) >= 11 is 0. The Bertz CT molecular complexity index is 206. The lowest BCUT2D eigenvalue weighted by molar-refractivity contribution is -0.127. The number of aliphatic hydroxyl groups is 1. The summed E-state index contributed by atoms with van der Waals surface area (Å²) in [6.07, 6.45) is 8.12. The third kappa shape index (κ3) is 4.52. The normalized spacial score (nSPS) is 20.8. The van der Waals surface area contributed by atoms with Gasteiger partial charge in [0, 0.05) is 32.0 Å². The van der Waals surface area contributed by atoms with Crippen LogP contribution in [-0.4, -0.2) is 35.6 Å². The molecule has 1 aliphatic rings. The first-order valence-electron chi connectivity index (χ1n) is 6.66. The van der Waals surface area contributed by atoms with E-state index in [1.807, 2.05) is 4.90 Å². The molecule has 0 aromatic carbocycles. The lowest BCUT2D eigenvalue weighted by Gasteiger charge is -2.15. The van der Waals surface area contributed by atoms with E-state index in [-0.39, 0.29) is 18.4 Å². The first-order valence-corrected chi connectivity index (χ1v) is 6.66. The lowest BCUT2D eigenvalue weighted by atomic mass is 10.1. The van der Waals surface area contributed by atoms with Gasteiger partial charge in [0.25, 0.3) is 0 Å². The minimum atomic E-state index is 0.152. The lowest BCUT2D eigenvalue weighted by Crippen LogP contribution is -2.26. The van der Waals surface area contributed by atoms with E-state index in [0.29, 0.717) is 6.42 Å². The van der Waals surface area contributed by atoms with Crippen molar-refractivity contribution in [3.05, 3.63) is 0 Å². The van der Waals surface area contributed by atoms with Crippen molar-refractivity contribution in [2.24, 2.45) is 5.92 Å². The number of unbranched alkanes of at least 4 members (excludes halogenated alkanes) is 5. The summed E-state index contributed by atoms with van der Waals surface area (Å²) in [7, 11) is 0. The number of carbonyl (C=O) groups excluding carboxylic acids is 1. The van der Waals surface area contributed by atoms with E-state index in [4.69, 9.17) is 5.11 Å². The fourth-order valence-corrected chi connectivity index (χ4v) is 2.28. The topological polar surface area (TPSA) is 40.5 Å². The maximum atomic E-state index is 11.5. The van der Waals surface area contributed by atoms with Crippen LogP contribution in [0.1, 0.15) is 51.9 Å². The molecule has 16 heavy (non-hydrogen) atoms. The van der Waals surface area contributed by atoms with Crippen LogP contribution >= 0.6 is 0 Å². The standard InChI is InChI=1S/C13H25NO2/c1-2-3-4-5-6-7-8-14-10-12(11-15)9-13(14)16/h12,15H,2-11H2,1H3. The average Bonchev–Trinajstić information content (AvgIpc) is 2.65. The molecule has 1 atom stereocenters. The van der Waals surface area contributed by atoms with Crippen molar-refractivity contribution in [3.8, 4) is 0 Å². The van der Waals surface area contributed by atoms with Crippen LogP contribution in [-0.2, 0) is 4.79 Å². The third-order valence-corrected chi connectivity index (χ3v) is 3.33. The smallest absolute Gasteiger partial charge is 0.223 e. The van der Waals surface area contributed by atoms with E-state index in [0.717, 1.165) is 19.5 Å². The van der Waals surface area contributed by atoms with Gasteiger partial charge in [-0.25, -0.2) is 0 Å². The molecule has 0 spiro atoms. The van der Waals surface area contributed by atoms with Crippen molar-refractivity contribution in [1.29, 1.82) is 0 Å². The number of rotatable bonds is 8. The average molecular weight is 227 g/mol. The quantitative estimate of drug-likeness (QED) is 0.646. The Hall–Kier alpha value is -0.570. The highest BCUT2D eigenvalue weighted by Gasteiger charge is 2.28. The van der Waals surface area contributed by atoms with E-state index >= 15 is 0 Å². The Kier molecular flexibility index (Phi) is 6.46. The second-order valence-corrected chi connectivity index (χ2v) is 4.86. The number of aliphatic hydroxyl groups excluding tert-OH is 1. The van der Waals surface area contributed by atoms with Crippen LogP contribution in [0.25, 0.3) is 0 Å². The highest BCUT2D eigenvalue weighted by atomic mass is 16.3. The van der Waals surface area contributed by atoms with Crippen LogP contribution in [0.15, 0.2) is 0 Å². The number of hydrogen-bond acceptors (Lipinski definition) is 2. The number of hydrogen-bond donors (Lipinski definition) is 1. The van der Waals surface area contributed by atoms with Crippen LogP contribution in [0.4, 0.5) is 0 Å². The van der Waals surface area contributed by atoms with Gasteiger partial charge in [-0.05, 0) is 6.42 Å². The Balaban J connectivity index is 2.03. The predicted molar refractivity (Wildman–Crippen MR) is 65.1 cm³/mol. The van der Waals surface area contributed by atoms with Gasteiger partial charge >= 0.3 is 0 Å². The SMILES string of the molecule is CCCCCCCCN1CC(CO)CC1=O. The summed E-state index contributed by atoms with van der Waals surface area (Å²) in [5, 5.41) is 8.99. The van der Waals surface area contributed by atoms with Crippen LogP contribution in [0.2, 0.25) is 0 Å². The van der Waals surface area contributed by atoms with Gasteiger partial charge in [-0.1, -0.05) is 39.0 Å². The molecule has 0 radical (unpaired) electrons. The Labute approximate surface area is 98.8 Å². The zero-order valence-corrected chi connectivity index (χ0v) is 10.5. The molecular formula is C13H25NO2. The highest BCUT2D eigenvalue weighted by molar-refractivity contribution is 5.78. The second-order valence-electron chi connectivity index (χ2n) is 4.86. The van der Waals surface area contributed by atoms with Gasteiger partial charge in [-0.15, -0.1) is 0 Å². The van der Waals surface area contributed by atoms with Crippen molar-refractivity contribution in [2.45, 2.75) is 51.9 Å². The Morgan fingerprint density at radius 1 is 1.25 bits per heavy atom. The molecule has 1 N–H and O–H groups in total. The molecule has 0 aromatic rings. The van der Waals surface area contributed by atoms with E-state index in [2.05, 4.69) is 6.92 Å². The van der Waals surface area contributed by atoms with Crippen LogP contribution < -0.4 is 0 Å². The fourth-order valence-electron chi connectivity index (χ4n) is 2.28. The summed E-state index contributed by atoms with van der Waals surface area (Å²) in [5.41, 5.74) is 0. The molecule has 1 rings (SSSR count). The van der Waals surface area contributed by atoms with Crippen LogP contribution in [0.5, 0.6) is 0 Å². The molecule has 1 amide bonds. The molecule has 0 aliphatic carbocycles. The Morgan fingerprint density at radius 2 is 1.94 bits per heavy atom. The molecule has 94 valence electrons. The van der Waals surface area contributed by atoms with E-state index in [9.17, 15) is 4.79 Å². The van der Waals surface area contributed by atoms with Gasteiger partial charge in [0.05, 0.1) is 0 Å². The molecule has 1 fully saturated rings. The summed E-state index contributed by atoms with van der Waals surface area (Å²) in [4.78, 5) is 13.4. The number of carbonyl (C=O) groups is 1. The van der Waals surface area contributed by atoms with E-state index in [1.165, 1.54) is 32.1 Å². The van der Waals surface area contributed by atoms with Gasteiger partial charge in [0.2, 0.25) is 5.91 Å². The summed E-state index contributed by atoms with van der Waals surface area (Å²) in [5.74, 6) is 0.417. The number of amides is 1. The highest BCUT2D eigenvalue weighted by Crippen LogP contribution is 2.17. The van der Waals surface area contributed by atoms with Crippen molar-refractivity contribution in [1.82, 2.24) is 4.90 Å². The summed E-state index contributed by atoms with van der Waals surface area (Å²) in [6.45, 7) is 4.03. The van der Waals surface area contributed by atoms with E-state index in [1.54, 1.807) is 0 Å². The van der Waals surface area contributed by atoms with Crippen LogP contribution in [0, 0.1) is 5.92 Å². The van der Waals surface area contributed by atoms with Gasteiger partial charge in [-0.3, -0.25) is 4.79 Å². The van der Waals surface area contributed by atoms with Crippen molar-refractivity contribution in [3.63, 3.8) is 0 Å². The van der Waals surface area contributed by atoms with E-state index < -0.39 is 0 Å². The second kappa shape index (κ2) is 7.66. The number of likely N-dealkylation sites (tertiary alicyclic amines) is 1. The molecule has 3 heteroatoms. The first-order chi connectivity index (χ1) is 7.77. The van der Waals surface area contributed by atoms with Crippen molar-refractivity contribution in [2.75, 3.05) is 19.7 Å². The molecule has 0 saturated carbocycles. The predicted octanol–water partition coefficient (Wildman–Crippen LogP) is 2.19. The number of nitrogens with zero attached hydrogens (tertiary/aromatic N) is 1. The molecule has 0 bridgehead atoms. The molecular weight excluding hydrogens is 202 g/mol. The van der Waals surface area contributed by atoms with Gasteiger partial charge in [0.15, 0.2) is 0 Å². The zero-order valence-electron chi connectivity index (χ0n) is 10.5. The fraction of sp³-hybridized carbons (Fsp3) is 0.923. The third-order valence-electron chi connectivity index (χ3n) is 3.33. The summed E-state index contributed by atoms with van der Waals surface area (Å²) in [6, 6.07) is 0. The molecule has 0 aromatic heterocycles. The summed E-state index contributed by atoms with van der Waals surface area (Å²) < 4.78 is 0. The van der Waals surface area contributed by atoms with Gasteiger partial charge < -0.3 is 10.0 Å². The molecule has 1 saturated heterocycles. The Morgan fingerprint density at radius 3 is 2.56 bits per heavy atom.